The van der Waals surface area contributed by atoms with Crippen LogP contribution >= 0.6 is 11.8 Å². The van der Waals surface area contributed by atoms with Gasteiger partial charge >= 0.3 is 11.9 Å². The summed E-state index contributed by atoms with van der Waals surface area (Å²) in [6.45, 7) is 6.28. The zero-order valence-corrected chi connectivity index (χ0v) is 30.4. The molecule has 3 aromatic rings. The van der Waals surface area contributed by atoms with Crippen LogP contribution in [0, 0.1) is 13.8 Å². The number of piperazine rings is 1. The highest BCUT2D eigenvalue weighted by atomic mass is 32.2. The molecule has 0 radical (unpaired) electrons. The maximum absolute atomic E-state index is 14.6. The molecule has 13 nitrogen and oxygen atoms in total. The van der Waals surface area contributed by atoms with E-state index >= 15 is 0 Å². The van der Waals surface area contributed by atoms with Crippen molar-refractivity contribution in [1.82, 2.24) is 15.5 Å². The molecule has 14 heteroatoms. The average molecular weight is 732 g/mol. The summed E-state index contributed by atoms with van der Waals surface area (Å²) in [5.41, 5.74) is 5.13. The minimum atomic E-state index is -1.29. The third kappa shape index (κ3) is 4.66. The number of carbonyl (C=O) groups excluding carboxylic acids is 2. The molecule has 6 atom stereocenters. The molecule has 0 aliphatic carbocycles. The maximum atomic E-state index is 14.6. The van der Waals surface area contributed by atoms with Crippen molar-refractivity contribution in [1.29, 1.82) is 0 Å². The lowest BCUT2D eigenvalue weighted by molar-refractivity contribution is -0.155. The van der Waals surface area contributed by atoms with Crippen molar-refractivity contribution in [2.24, 2.45) is 0 Å². The van der Waals surface area contributed by atoms with E-state index in [9.17, 15) is 19.8 Å². The van der Waals surface area contributed by atoms with Crippen LogP contribution in [0.25, 0.3) is 0 Å². The molecule has 2 saturated heterocycles. The zero-order valence-electron chi connectivity index (χ0n) is 29.6. The van der Waals surface area contributed by atoms with Gasteiger partial charge in [-0.05, 0) is 61.1 Å². The normalized spacial score (nSPS) is 28.2. The number of hydrogen-bond acceptors (Lipinski definition) is 14. The number of nitrogens with zero attached hydrogens (tertiary/aromatic N) is 1. The molecule has 7 aliphatic heterocycles. The number of hydrogen-bond donors (Lipinski definition) is 4. The number of phenols is 2. The number of phenolic OH excluding ortho intramolecular Hbond substituents is 2. The molecule has 10 rings (SSSR count). The summed E-state index contributed by atoms with van der Waals surface area (Å²) in [5.74, 6) is 1.60. The molecule has 4 N–H and O–H groups in total. The summed E-state index contributed by atoms with van der Waals surface area (Å²) in [5, 5.41) is 29.5. The number of aryl methyl sites for hydroxylation is 1. The number of benzene rings is 3. The van der Waals surface area contributed by atoms with Gasteiger partial charge in [-0.1, -0.05) is 6.07 Å². The predicted molar refractivity (Wildman–Crippen MR) is 189 cm³/mol. The molecule has 3 aromatic carbocycles. The van der Waals surface area contributed by atoms with Gasteiger partial charge in [0.1, 0.15) is 12.4 Å². The lowest BCUT2D eigenvalue weighted by atomic mass is 9.74. The number of ether oxygens (including phenoxy) is 6. The third-order valence-electron chi connectivity index (χ3n) is 11.7. The number of thioether (sulfide) groups is 1. The molecule has 1 spiro atoms. The van der Waals surface area contributed by atoms with E-state index in [0.717, 1.165) is 33.4 Å². The quantitative estimate of drug-likeness (QED) is 0.228. The van der Waals surface area contributed by atoms with Gasteiger partial charge in [0.15, 0.2) is 40.0 Å². The summed E-state index contributed by atoms with van der Waals surface area (Å²) in [6.07, 6.45) is 1.29. The Morgan fingerprint density at radius 1 is 1.02 bits per heavy atom. The average Bonchev–Trinajstić information content (AvgIpc) is 3.61. The minimum Gasteiger partial charge on any atom is -0.504 e. The fraction of sp³-hybridized carbons (Fsp3) is 0.474. The standard InChI is InChI=1S/C38H41N3O10S/c1-16-8-20-9-21-12-41-23-13-48-37(45)38(22-11-25(46-4)24(43)10-19(22)6-7-39-38)14-52-36(30(41)29(40-21)26(20)31(44)32(16)47-5)28-27(23)35-34(49-15-50-35)17(2)33(28)51-18(3)42/h8,10-11,21,23,29-30,36,39-40,43-44H,6-7,9,12-15H2,1-5H3/t21-,23+,29+,30-,36-,38+/m1/s1. The van der Waals surface area contributed by atoms with Crippen molar-refractivity contribution in [2.45, 2.75) is 68.6 Å². The van der Waals surface area contributed by atoms with Crippen molar-refractivity contribution < 1.29 is 48.2 Å². The molecule has 0 saturated carbocycles. The van der Waals surface area contributed by atoms with Crippen LogP contribution < -0.4 is 34.3 Å². The summed E-state index contributed by atoms with van der Waals surface area (Å²) < 4.78 is 36.0. The van der Waals surface area contributed by atoms with Crippen molar-refractivity contribution >= 4 is 23.7 Å². The molecule has 0 unspecified atom stereocenters. The minimum absolute atomic E-state index is 0.00431. The highest BCUT2D eigenvalue weighted by molar-refractivity contribution is 7.99. The van der Waals surface area contributed by atoms with E-state index in [1.54, 1.807) is 31.0 Å². The Bertz CT molecular complexity index is 2060. The second-order valence-electron chi connectivity index (χ2n) is 14.4. The third-order valence-corrected chi connectivity index (χ3v) is 13.1. The SMILES string of the molecule is COc1cc2c(cc1O)CCN[C@@]21CS[C@@H]2c3c(OC(C)=O)c(C)c4c(c3[C@H](COC1=O)N1C[C@H]3Cc5cc(C)c(OC)c(O)c5[C@H](N3)[C@H]21)OCO4. The Morgan fingerprint density at radius 2 is 1.83 bits per heavy atom. The summed E-state index contributed by atoms with van der Waals surface area (Å²) in [4.78, 5) is 29.8. The highest BCUT2D eigenvalue weighted by Gasteiger charge is 2.57. The van der Waals surface area contributed by atoms with Gasteiger partial charge < -0.3 is 44.0 Å². The topological polar surface area (TPSA) is 157 Å². The van der Waals surface area contributed by atoms with Crippen LogP contribution in [0.4, 0.5) is 0 Å². The largest absolute Gasteiger partial charge is 0.504 e. The van der Waals surface area contributed by atoms with Crippen molar-refractivity contribution in [3.8, 4) is 40.2 Å². The van der Waals surface area contributed by atoms with Crippen LogP contribution in [0.1, 0.15) is 68.8 Å². The molecule has 4 bridgehead atoms. The monoisotopic (exact) mass is 731 g/mol. The molecular formula is C38H41N3O10S. The summed E-state index contributed by atoms with van der Waals surface area (Å²) in [6, 6.07) is 4.36. The zero-order chi connectivity index (χ0) is 36.2. The van der Waals surface area contributed by atoms with Gasteiger partial charge in [0.2, 0.25) is 6.79 Å². The van der Waals surface area contributed by atoms with Gasteiger partial charge in [-0.25, -0.2) is 4.79 Å². The Morgan fingerprint density at radius 3 is 2.60 bits per heavy atom. The van der Waals surface area contributed by atoms with Gasteiger partial charge in [0, 0.05) is 60.1 Å². The number of fused-ring (bicyclic) bond motifs is 9. The fourth-order valence-electron chi connectivity index (χ4n) is 9.58. The second-order valence-corrected chi connectivity index (χ2v) is 15.6. The molecule has 0 aromatic heterocycles. The first-order chi connectivity index (χ1) is 25.1. The van der Waals surface area contributed by atoms with Gasteiger partial charge in [-0.15, -0.1) is 11.8 Å². The Kier molecular flexibility index (Phi) is 7.78. The van der Waals surface area contributed by atoms with Gasteiger partial charge in [-0.2, -0.15) is 0 Å². The van der Waals surface area contributed by atoms with E-state index in [2.05, 4.69) is 21.6 Å². The number of nitrogens with one attached hydrogen (secondary N) is 2. The van der Waals surface area contributed by atoms with E-state index in [0.29, 0.717) is 60.1 Å². The number of carbonyl (C=O) groups is 2. The van der Waals surface area contributed by atoms with Crippen molar-refractivity contribution in [3.05, 3.63) is 62.7 Å². The van der Waals surface area contributed by atoms with Crippen LogP contribution in [0.3, 0.4) is 0 Å². The molecule has 52 heavy (non-hydrogen) atoms. The lowest BCUT2D eigenvalue weighted by Gasteiger charge is -2.57. The van der Waals surface area contributed by atoms with Crippen molar-refractivity contribution in [3.63, 3.8) is 0 Å². The highest BCUT2D eigenvalue weighted by Crippen LogP contribution is 2.62. The summed E-state index contributed by atoms with van der Waals surface area (Å²) in [7, 11) is 3.04. The summed E-state index contributed by atoms with van der Waals surface area (Å²) >= 11 is 1.56. The first-order valence-electron chi connectivity index (χ1n) is 17.6. The first-order valence-corrected chi connectivity index (χ1v) is 18.6. The van der Waals surface area contributed by atoms with E-state index in [-0.39, 0.29) is 54.5 Å². The Hall–Kier alpha value is -4.37. The molecule has 0 amide bonds. The van der Waals surface area contributed by atoms with Gasteiger partial charge in [0.25, 0.3) is 0 Å². The fourth-order valence-corrected chi connectivity index (χ4v) is 11.3. The maximum Gasteiger partial charge on any atom is 0.331 e. The van der Waals surface area contributed by atoms with Gasteiger partial charge in [0.05, 0.1) is 31.6 Å². The number of aromatic hydroxyl groups is 2. The molecule has 274 valence electrons. The Labute approximate surface area is 304 Å². The molecule has 2 fully saturated rings. The first kappa shape index (κ1) is 33.5. The van der Waals surface area contributed by atoms with Crippen LogP contribution in [0.5, 0.6) is 40.2 Å². The lowest BCUT2D eigenvalue weighted by Crippen LogP contribution is -2.65. The van der Waals surface area contributed by atoms with Crippen LogP contribution in [0.2, 0.25) is 0 Å². The van der Waals surface area contributed by atoms with Crippen LogP contribution in [0.15, 0.2) is 18.2 Å². The molecule has 7 aliphatic rings. The van der Waals surface area contributed by atoms with E-state index < -0.39 is 28.8 Å². The van der Waals surface area contributed by atoms with Crippen LogP contribution in [-0.4, -0.2) is 85.6 Å². The number of rotatable bonds is 3. The number of methoxy groups -OCH3 is 2. The second kappa shape index (κ2) is 12.1. The number of esters is 2. The van der Waals surface area contributed by atoms with Gasteiger partial charge in [-0.3, -0.25) is 15.0 Å². The van der Waals surface area contributed by atoms with E-state index in [1.807, 2.05) is 13.8 Å². The Balaban J connectivity index is 1.29. The van der Waals surface area contributed by atoms with Crippen LogP contribution in [-0.2, 0) is 32.7 Å². The molecule has 7 heterocycles. The predicted octanol–water partition coefficient (Wildman–Crippen LogP) is 3.75. The van der Waals surface area contributed by atoms with E-state index in [4.69, 9.17) is 28.4 Å². The smallest absolute Gasteiger partial charge is 0.331 e. The van der Waals surface area contributed by atoms with Crippen molar-refractivity contribution in [2.75, 3.05) is 46.5 Å². The van der Waals surface area contributed by atoms with E-state index in [1.165, 1.54) is 14.0 Å². The molecular weight excluding hydrogens is 690 g/mol.